The molecule has 2 heterocycles. The van der Waals surface area contributed by atoms with Crippen molar-refractivity contribution in [3.63, 3.8) is 0 Å². The fraction of sp³-hybridized carbons (Fsp3) is 0.400. The Kier molecular flexibility index (Phi) is 2.73. The van der Waals surface area contributed by atoms with Crippen LogP contribution in [0, 0.1) is 5.92 Å². The van der Waals surface area contributed by atoms with Gasteiger partial charge in [-0.25, -0.2) is 0 Å². The van der Waals surface area contributed by atoms with Crippen LogP contribution in [0.5, 0.6) is 0 Å². The average molecular weight is 223 g/mol. The summed E-state index contributed by atoms with van der Waals surface area (Å²) in [6.07, 6.45) is 2.65. The Hall–Kier alpha value is -1.36. The smallest absolute Gasteiger partial charge is 0.183 e. The van der Waals surface area contributed by atoms with Crippen LogP contribution in [0.25, 0.3) is 10.6 Å². The fourth-order valence-electron chi connectivity index (χ4n) is 1.45. The molecule has 0 aliphatic rings. The van der Waals surface area contributed by atoms with Gasteiger partial charge in [0.2, 0.25) is 0 Å². The highest BCUT2D eigenvalue weighted by Crippen LogP contribution is 2.31. The van der Waals surface area contributed by atoms with Crippen molar-refractivity contribution in [1.29, 1.82) is 0 Å². The van der Waals surface area contributed by atoms with Gasteiger partial charge in [-0.15, -0.1) is 11.3 Å². The maximum Gasteiger partial charge on any atom is 0.183 e. The minimum atomic E-state index is 0.493. The lowest BCUT2D eigenvalue weighted by molar-refractivity contribution is 0.435. The van der Waals surface area contributed by atoms with E-state index in [1.54, 1.807) is 11.7 Å². The summed E-state index contributed by atoms with van der Waals surface area (Å²) in [6.45, 7) is 4.28. The summed E-state index contributed by atoms with van der Waals surface area (Å²) in [5, 5.41) is 3.81. The first-order valence-corrected chi connectivity index (χ1v) is 5.69. The lowest BCUT2D eigenvalue weighted by atomic mass is 10.0. The first kappa shape index (κ1) is 10.2. The van der Waals surface area contributed by atoms with Gasteiger partial charge in [0.25, 0.3) is 0 Å². The molecule has 0 aliphatic heterocycles. The molecule has 15 heavy (non-hydrogen) atoms. The third-order valence-corrected chi connectivity index (χ3v) is 2.86. The molecule has 0 radical (unpaired) electrons. The van der Waals surface area contributed by atoms with Gasteiger partial charge in [0.05, 0.1) is 10.4 Å². The number of hydrogen-bond donors (Lipinski definition) is 1. The molecule has 0 fully saturated rings. The van der Waals surface area contributed by atoms with Crippen molar-refractivity contribution in [1.82, 2.24) is 10.1 Å². The molecule has 0 unspecified atom stereocenters. The first-order chi connectivity index (χ1) is 7.18. The zero-order valence-electron chi connectivity index (χ0n) is 8.73. The summed E-state index contributed by atoms with van der Waals surface area (Å²) in [5.74, 6) is 1.79. The van der Waals surface area contributed by atoms with Crippen molar-refractivity contribution >= 4 is 17.2 Å². The monoisotopic (exact) mass is 223 g/mol. The van der Waals surface area contributed by atoms with Gasteiger partial charge in [-0.1, -0.05) is 19.0 Å². The highest BCUT2D eigenvalue weighted by molar-refractivity contribution is 7.13. The number of aromatic nitrogens is 2. The number of anilines is 1. The predicted molar refractivity (Wildman–Crippen MR) is 60.6 cm³/mol. The van der Waals surface area contributed by atoms with E-state index in [0.717, 1.165) is 22.6 Å². The van der Waals surface area contributed by atoms with Crippen molar-refractivity contribution in [3.8, 4) is 10.6 Å². The quantitative estimate of drug-likeness (QED) is 0.868. The van der Waals surface area contributed by atoms with Crippen LogP contribution in [0.2, 0.25) is 0 Å². The summed E-state index contributed by atoms with van der Waals surface area (Å²) in [4.78, 5) is 5.00. The van der Waals surface area contributed by atoms with Gasteiger partial charge < -0.3 is 10.3 Å². The van der Waals surface area contributed by atoms with Crippen molar-refractivity contribution in [2.24, 2.45) is 5.92 Å². The van der Waals surface area contributed by atoms with E-state index in [-0.39, 0.29) is 0 Å². The van der Waals surface area contributed by atoms with Gasteiger partial charge in [-0.3, -0.25) is 4.98 Å². The van der Waals surface area contributed by atoms with Gasteiger partial charge >= 0.3 is 0 Å². The van der Waals surface area contributed by atoms with Crippen molar-refractivity contribution in [2.45, 2.75) is 20.3 Å². The van der Waals surface area contributed by atoms with Crippen LogP contribution in [0.15, 0.2) is 16.2 Å². The molecular weight excluding hydrogens is 210 g/mol. The summed E-state index contributed by atoms with van der Waals surface area (Å²) in [7, 11) is 0. The Morgan fingerprint density at radius 3 is 2.93 bits per heavy atom. The fourth-order valence-corrected chi connectivity index (χ4v) is 2.07. The topological polar surface area (TPSA) is 64.9 Å². The molecule has 4 nitrogen and oxygen atoms in total. The molecule has 2 N–H and O–H groups in total. The largest absolute Gasteiger partial charge is 0.381 e. The minimum Gasteiger partial charge on any atom is -0.381 e. The molecule has 2 aromatic rings. The number of nitrogens with two attached hydrogens (primary N) is 1. The van der Waals surface area contributed by atoms with Crippen molar-refractivity contribution in [2.75, 3.05) is 5.73 Å². The second-order valence-corrected chi connectivity index (χ2v) is 4.73. The molecule has 0 aliphatic carbocycles. The van der Waals surface area contributed by atoms with Crippen LogP contribution < -0.4 is 5.73 Å². The molecule has 80 valence electrons. The molecule has 0 spiro atoms. The SMILES string of the molecule is CC(C)Cc1c(N)noc1-c1cncs1. The van der Waals surface area contributed by atoms with E-state index in [1.165, 1.54) is 11.3 Å². The molecule has 0 bridgehead atoms. The minimum absolute atomic E-state index is 0.493. The van der Waals surface area contributed by atoms with Crippen LogP contribution in [0.1, 0.15) is 19.4 Å². The zero-order valence-corrected chi connectivity index (χ0v) is 9.54. The van der Waals surface area contributed by atoms with E-state index < -0.39 is 0 Å². The van der Waals surface area contributed by atoms with Crippen LogP contribution in [0.4, 0.5) is 5.82 Å². The lowest BCUT2D eigenvalue weighted by Gasteiger charge is -2.03. The average Bonchev–Trinajstić information content (AvgIpc) is 2.76. The number of nitrogen functional groups attached to an aromatic ring is 1. The predicted octanol–water partition coefficient (Wildman–Crippen LogP) is 2.58. The van der Waals surface area contributed by atoms with Crippen LogP contribution in [-0.4, -0.2) is 10.1 Å². The summed E-state index contributed by atoms with van der Waals surface area (Å²) >= 11 is 1.53. The van der Waals surface area contributed by atoms with E-state index in [4.69, 9.17) is 10.3 Å². The van der Waals surface area contributed by atoms with Crippen molar-refractivity contribution < 1.29 is 4.52 Å². The second-order valence-electron chi connectivity index (χ2n) is 3.84. The molecule has 0 atom stereocenters. The Labute approximate surface area is 92.1 Å². The maximum atomic E-state index is 5.78. The molecule has 0 saturated carbocycles. The van der Waals surface area contributed by atoms with Crippen LogP contribution >= 0.6 is 11.3 Å². The lowest BCUT2D eigenvalue weighted by Crippen LogP contribution is -1.98. The molecule has 2 rings (SSSR count). The Bertz CT molecular complexity index is 433. The highest BCUT2D eigenvalue weighted by atomic mass is 32.1. The Morgan fingerprint density at radius 2 is 2.33 bits per heavy atom. The number of rotatable bonds is 3. The number of nitrogens with zero attached hydrogens (tertiary/aromatic N) is 2. The van der Waals surface area contributed by atoms with Gasteiger partial charge in [0.1, 0.15) is 0 Å². The second kappa shape index (κ2) is 4.02. The van der Waals surface area contributed by atoms with Crippen LogP contribution in [0.3, 0.4) is 0 Å². The van der Waals surface area contributed by atoms with E-state index in [9.17, 15) is 0 Å². The van der Waals surface area contributed by atoms with E-state index in [2.05, 4.69) is 24.0 Å². The van der Waals surface area contributed by atoms with Gasteiger partial charge in [-0.05, 0) is 12.3 Å². The molecular formula is C10H13N3OS. The molecule has 0 aromatic carbocycles. The summed E-state index contributed by atoms with van der Waals surface area (Å²) < 4.78 is 5.24. The van der Waals surface area contributed by atoms with E-state index >= 15 is 0 Å². The third kappa shape index (κ3) is 2.02. The van der Waals surface area contributed by atoms with Gasteiger partial charge in [0.15, 0.2) is 11.6 Å². The summed E-state index contributed by atoms with van der Waals surface area (Å²) in [6, 6.07) is 0. The standard InChI is InChI=1S/C10H13N3OS/c1-6(2)3-7-9(14-13-10(7)11)8-4-12-5-15-8/h4-6H,3H2,1-2H3,(H2,11,13). The molecule has 0 saturated heterocycles. The zero-order chi connectivity index (χ0) is 10.8. The molecule has 5 heteroatoms. The van der Waals surface area contributed by atoms with E-state index in [1.807, 2.05) is 0 Å². The third-order valence-electron chi connectivity index (χ3n) is 2.09. The molecule has 2 aromatic heterocycles. The number of thiazole rings is 1. The Balaban J connectivity index is 2.40. The maximum absolute atomic E-state index is 5.78. The van der Waals surface area contributed by atoms with Crippen molar-refractivity contribution in [3.05, 3.63) is 17.3 Å². The first-order valence-electron chi connectivity index (χ1n) is 4.81. The summed E-state index contributed by atoms with van der Waals surface area (Å²) in [5.41, 5.74) is 8.54. The highest BCUT2D eigenvalue weighted by Gasteiger charge is 2.17. The Morgan fingerprint density at radius 1 is 1.53 bits per heavy atom. The normalized spacial score (nSPS) is 11.1. The van der Waals surface area contributed by atoms with Crippen LogP contribution in [-0.2, 0) is 6.42 Å². The van der Waals surface area contributed by atoms with Gasteiger partial charge in [-0.2, -0.15) is 0 Å². The van der Waals surface area contributed by atoms with Gasteiger partial charge in [0, 0.05) is 11.8 Å². The molecule has 0 amide bonds. The van der Waals surface area contributed by atoms with E-state index in [0.29, 0.717) is 11.7 Å². The number of hydrogen-bond acceptors (Lipinski definition) is 5.